The summed E-state index contributed by atoms with van der Waals surface area (Å²) >= 11 is 0. The Hall–Kier alpha value is -1.68. The molecule has 1 aromatic carbocycles. The van der Waals surface area contributed by atoms with Crippen LogP contribution in [0.25, 0.3) is 11.4 Å². The number of piperidine rings is 1. The van der Waals surface area contributed by atoms with Crippen molar-refractivity contribution in [2.75, 3.05) is 6.54 Å². The Balaban J connectivity index is 1.82. The van der Waals surface area contributed by atoms with Gasteiger partial charge < -0.3 is 5.32 Å². The third-order valence-electron chi connectivity index (χ3n) is 3.45. The quantitative estimate of drug-likeness (QED) is 0.851. The highest BCUT2D eigenvalue weighted by Crippen LogP contribution is 2.22. The number of rotatable bonds is 2. The summed E-state index contributed by atoms with van der Waals surface area (Å²) < 4.78 is 0. The molecule has 2 aromatic rings. The first-order valence-corrected chi connectivity index (χ1v) is 6.55. The van der Waals surface area contributed by atoms with Crippen LogP contribution in [0.15, 0.2) is 24.3 Å². The molecule has 0 saturated carbocycles. The van der Waals surface area contributed by atoms with Gasteiger partial charge >= 0.3 is 0 Å². The predicted octanol–water partition coefficient (Wildman–Crippen LogP) is 2.59. The molecular formula is C14H18N4. The zero-order valence-corrected chi connectivity index (χ0v) is 10.6. The van der Waals surface area contributed by atoms with E-state index in [-0.39, 0.29) is 0 Å². The van der Waals surface area contributed by atoms with Gasteiger partial charge in [-0.2, -0.15) is 5.10 Å². The minimum Gasteiger partial charge on any atom is -0.307 e. The molecule has 1 saturated heterocycles. The van der Waals surface area contributed by atoms with Crippen LogP contribution in [0, 0.1) is 6.92 Å². The fraction of sp³-hybridized carbons (Fsp3) is 0.429. The highest BCUT2D eigenvalue weighted by molar-refractivity contribution is 5.54. The Kier molecular flexibility index (Phi) is 3.11. The summed E-state index contributed by atoms with van der Waals surface area (Å²) in [6.07, 6.45) is 3.66. The van der Waals surface area contributed by atoms with Gasteiger partial charge in [0.2, 0.25) is 0 Å². The van der Waals surface area contributed by atoms with Crippen LogP contribution in [0.5, 0.6) is 0 Å². The lowest BCUT2D eigenvalue weighted by molar-refractivity contribution is 0.398. The van der Waals surface area contributed by atoms with Crippen LogP contribution < -0.4 is 5.32 Å². The number of aromatic amines is 1. The molecule has 4 heteroatoms. The van der Waals surface area contributed by atoms with E-state index in [1.807, 2.05) is 0 Å². The second-order valence-corrected chi connectivity index (χ2v) is 4.91. The molecule has 3 rings (SSSR count). The monoisotopic (exact) mass is 242 g/mol. The van der Waals surface area contributed by atoms with E-state index >= 15 is 0 Å². The molecule has 0 aliphatic carbocycles. The Morgan fingerprint density at radius 1 is 1.17 bits per heavy atom. The average molecular weight is 242 g/mol. The third-order valence-corrected chi connectivity index (χ3v) is 3.45. The number of aryl methyl sites for hydroxylation is 1. The molecular weight excluding hydrogens is 224 g/mol. The van der Waals surface area contributed by atoms with Crippen molar-refractivity contribution < 1.29 is 0 Å². The maximum absolute atomic E-state index is 4.60. The first-order valence-electron chi connectivity index (χ1n) is 6.55. The molecule has 1 aliphatic heterocycles. The first-order chi connectivity index (χ1) is 8.83. The molecule has 94 valence electrons. The van der Waals surface area contributed by atoms with Gasteiger partial charge in [0.25, 0.3) is 0 Å². The number of benzene rings is 1. The van der Waals surface area contributed by atoms with Crippen LogP contribution in [0.2, 0.25) is 0 Å². The van der Waals surface area contributed by atoms with Gasteiger partial charge in [-0.05, 0) is 26.3 Å². The number of hydrogen-bond acceptors (Lipinski definition) is 3. The van der Waals surface area contributed by atoms with E-state index in [0.717, 1.165) is 30.2 Å². The van der Waals surface area contributed by atoms with Crippen molar-refractivity contribution in [1.82, 2.24) is 20.5 Å². The fourth-order valence-electron chi connectivity index (χ4n) is 2.35. The summed E-state index contributed by atoms with van der Waals surface area (Å²) in [5.41, 5.74) is 2.32. The molecule has 0 bridgehead atoms. The maximum Gasteiger partial charge on any atom is 0.181 e. The lowest BCUT2D eigenvalue weighted by Gasteiger charge is -2.20. The lowest BCUT2D eigenvalue weighted by Crippen LogP contribution is -2.27. The standard InChI is InChI=1S/C14H18N4/c1-10-5-7-11(8-6-10)13-16-14(18-17-13)12-4-2-3-9-15-12/h5-8,12,15H,2-4,9H2,1H3,(H,16,17,18). The summed E-state index contributed by atoms with van der Waals surface area (Å²) in [7, 11) is 0. The van der Waals surface area contributed by atoms with Gasteiger partial charge in [0, 0.05) is 5.56 Å². The number of H-pyrrole nitrogens is 1. The van der Waals surface area contributed by atoms with Crippen LogP contribution >= 0.6 is 0 Å². The van der Waals surface area contributed by atoms with E-state index in [2.05, 4.69) is 51.7 Å². The van der Waals surface area contributed by atoms with Crippen molar-refractivity contribution in [3.63, 3.8) is 0 Å². The predicted molar refractivity (Wildman–Crippen MR) is 71.2 cm³/mol. The molecule has 0 radical (unpaired) electrons. The normalized spacial score (nSPS) is 19.9. The van der Waals surface area contributed by atoms with E-state index in [4.69, 9.17) is 0 Å². The third kappa shape index (κ3) is 2.29. The highest BCUT2D eigenvalue weighted by Gasteiger charge is 2.18. The lowest BCUT2D eigenvalue weighted by atomic mass is 10.0. The van der Waals surface area contributed by atoms with Gasteiger partial charge in [0.15, 0.2) is 5.82 Å². The van der Waals surface area contributed by atoms with Crippen molar-refractivity contribution in [1.29, 1.82) is 0 Å². The van der Waals surface area contributed by atoms with Gasteiger partial charge in [-0.25, -0.2) is 4.98 Å². The van der Waals surface area contributed by atoms with Crippen LogP contribution in [0.3, 0.4) is 0 Å². The van der Waals surface area contributed by atoms with Gasteiger partial charge in [-0.3, -0.25) is 5.10 Å². The molecule has 0 spiro atoms. The van der Waals surface area contributed by atoms with Crippen LogP contribution in [-0.4, -0.2) is 21.7 Å². The summed E-state index contributed by atoms with van der Waals surface area (Å²) in [5.74, 6) is 1.75. The number of nitrogens with one attached hydrogen (secondary N) is 2. The van der Waals surface area contributed by atoms with E-state index in [1.54, 1.807) is 0 Å². The molecule has 1 fully saturated rings. The van der Waals surface area contributed by atoms with Crippen LogP contribution in [0.4, 0.5) is 0 Å². The van der Waals surface area contributed by atoms with E-state index in [9.17, 15) is 0 Å². The second-order valence-electron chi connectivity index (χ2n) is 4.91. The van der Waals surface area contributed by atoms with Crippen molar-refractivity contribution >= 4 is 0 Å². The minimum atomic E-state index is 0.338. The van der Waals surface area contributed by atoms with Crippen molar-refractivity contribution in [2.45, 2.75) is 32.2 Å². The molecule has 1 unspecified atom stereocenters. The summed E-state index contributed by atoms with van der Waals surface area (Å²) in [6.45, 7) is 3.16. The first kappa shape index (κ1) is 11.4. The van der Waals surface area contributed by atoms with Crippen molar-refractivity contribution in [2.24, 2.45) is 0 Å². The average Bonchev–Trinajstić information content (AvgIpc) is 2.90. The molecule has 0 amide bonds. The summed E-state index contributed by atoms with van der Waals surface area (Å²) in [6, 6.07) is 8.65. The number of aromatic nitrogens is 3. The smallest absolute Gasteiger partial charge is 0.181 e. The largest absolute Gasteiger partial charge is 0.307 e. The second kappa shape index (κ2) is 4.90. The Morgan fingerprint density at radius 2 is 2.00 bits per heavy atom. The van der Waals surface area contributed by atoms with E-state index < -0.39 is 0 Å². The molecule has 1 atom stereocenters. The molecule has 2 heterocycles. The number of nitrogens with zero attached hydrogens (tertiary/aromatic N) is 2. The molecule has 4 nitrogen and oxygen atoms in total. The van der Waals surface area contributed by atoms with Gasteiger partial charge in [-0.15, -0.1) is 0 Å². The number of hydrogen-bond donors (Lipinski definition) is 2. The summed E-state index contributed by atoms with van der Waals surface area (Å²) in [4.78, 5) is 4.60. The molecule has 2 N–H and O–H groups in total. The zero-order valence-electron chi connectivity index (χ0n) is 10.6. The Labute approximate surface area is 107 Å². The van der Waals surface area contributed by atoms with Gasteiger partial charge in [0.05, 0.1) is 6.04 Å². The van der Waals surface area contributed by atoms with Crippen LogP contribution in [-0.2, 0) is 0 Å². The Bertz CT molecular complexity index is 509. The van der Waals surface area contributed by atoms with Gasteiger partial charge in [0.1, 0.15) is 5.82 Å². The topological polar surface area (TPSA) is 53.6 Å². The molecule has 18 heavy (non-hydrogen) atoms. The van der Waals surface area contributed by atoms with E-state index in [1.165, 1.54) is 18.4 Å². The maximum atomic E-state index is 4.60. The highest BCUT2D eigenvalue weighted by atomic mass is 15.2. The minimum absolute atomic E-state index is 0.338. The van der Waals surface area contributed by atoms with Crippen molar-refractivity contribution in [3.8, 4) is 11.4 Å². The van der Waals surface area contributed by atoms with Crippen molar-refractivity contribution in [3.05, 3.63) is 35.7 Å². The zero-order chi connectivity index (χ0) is 12.4. The summed E-state index contributed by atoms with van der Waals surface area (Å²) in [5, 5.41) is 10.9. The van der Waals surface area contributed by atoms with Crippen LogP contribution in [0.1, 0.15) is 36.7 Å². The SMILES string of the molecule is Cc1ccc(-c2n[nH]c(C3CCCCN3)n2)cc1. The molecule has 1 aliphatic rings. The molecule has 1 aromatic heterocycles. The fourth-order valence-corrected chi connectivity index (χ4v) is 2.35. The Morgan fingerprint density at radius 3 is 2.72 bits per heavy atom. The van der Waals surface area contributed by atoms with Gasteiger partial charge in [-0.1, -0.05) is 36.2 Å². The van der Waals surface area contributed by atoms with E-state index in [0.29, 0.717) is 6.04 Å².